The second-order valence-corrected chi connectivity index (χ2v) is 9.40. The molecule has 0 saturated carbocycles. The van der Waals surface area contributed by atoms with Crippen molar-refractivity contribution in [1.29, 1.82) is 0 Å². The number of aryl methyl sites for hydroxylation is 1. The number of benzene rings is 2. The average molecular weight is 513 g/mol. The largest absolute Gasteiger partial charge is 0.481 e. The second-order valence-electron chi connectivity index (χ2n) is 9.40. The van der Waals surface area contributed by atoms with Gasteiger partial charge in [0.15, 0.2) is 0 Å². The van der Waals surface area contributed by atoms with E-state index in [0.717, 1.165) is 73.3 Å². The Balaban J connectivity index is 0.00000361. The fourth-order valence-corrected chi connectivity index (χ4v) is 4.87. The number of carboxylic acid groups (broad SMARTS) is 1. The molecule has 0 radical (unpaired) electrons. The molecule has 192 valence electrons. The number of rotatable bonds is 9. The van der Waals surface area contributed by atoms with Crippen molar-refractivity contribution >= 4 is 24.3 Å². The summed E-state index contributed by atoms with van der Waals surface area (Å²) < 4.78 is 13.6. The van der Waals surface area contributed by atoms with Gasteiger partial charge in [-0.3, -0.25) is 9.69 Å². The van der Waals surface area contributed by atoms with Gasteiger partial charge >= 0.3 is 5.97 Å². The molecular weight excluding hydrogens is 479 g/mol. The highest BCUT2D eigenvalue weighted by Crippen LogP contribution is 2.25. The van der Waals surface area contributed by atoms with Crippen LogP contribution in [0.4, 0.5) is 10.3 Å². The topological polar surface area (TPSA) is 69.6 Å². The first-order chi connectivity index (χ1) is 16.9. The summed E-state index contributed by atoms with van der Waals surface area (Å²) in [5.41, 5.74) is 4.66. The van der Waals surface area contributed by atoms with Gasteiger partial charge in [0.05, 0.1) is 6.42 Å². The Morgan fingerprint density at radius 3 is 2.53 bits per heavy atom. The molecule has 1 atom stereocenters. The van der Waals surface area contributed by atoms with Crippen LogP contribution in [0.1, 0.15) is 42.9 Å². The first-order valence-electron chi connectivity index (χ1n) is 12.3. The summed E-state index contributed by atoms with van der Waals surface area (Å²) in [7, 11) is 0. The molecule has 1 aromatic heterocycles. The van der Waals surface area contributed by atoms with Crippen LogP contribution in [0.5, 0.6) is 0 Å². The van der Waals surface area contributed by atoms with Gasteiger partial charge in [-0.25, -0.2) is 14.4 Å². The van der Waals surface area contributed by atoms with Gasteiger partial charge in [0.2, 0.25) is 5.95 Å². The normalized spacial score (nSPS) is 16.0. The van der Waals surface area contributed by atoms with Crippen LogP contribution in [0, 0.1) is 12.7 Å². The molecule has 1 aliphatic heterocycles. The van der Waals surface area contributed by atoms with Crippen LogP contribution in [0.25, 0.3) is 11.1 Å². The highest BCUT2D eigenvalue weighted by atomic mass is 35.5. The van der Waals surface area contributed by atoms with Crippen LogP contribution < -0.4 is 4.90 Å². The monoisotopic (exact) mass is 512 g/mol. The number of piperazine rings is 1. The Hall–Kier alpha value is -3.03. The van der Waals surface area contributed by atoms with E-state index < -0.39 is 5.97 Å². The predicted molar refractivity (Wildman–Crippen MR) is 143 cm³/mol. The van der Waals surface area contributed by atoms with Crippen LogP contribution in [-0.4, -0.2) is 51.6 Å². The van der Waals surface area contributed by atoms with Crippen molar-refractivity contribution in [1.82, 2.24) is 14.9 Å². The Kier molecular flexibility index (Phi) is 9.79. The average Bonchev–Trinajstić information content (AvgIpc) is 2.82. The van der Waals surface area contributed by atoms with Crippen molar-refractivity contribution in [3.8, 4) is 11.1 Å². The molecule has 0 bridgehead atoms. The number of halogens is 2. The van der Waals surface area contributed by atoms with Crippen LogP contribution in [-0.2, 0) is 17.8 Å². The van der Waals surface area contributed by atoms with E-state index in [0.29, 0.717) is 12.0 Å². The molecule has 1 fully saturated rings. The summed E-state index contributed by atoms with van der Waals surface area (Å²) in [4.78, 5) is 25.2. The molecule has 36 heavy (non-hydrogen) atoms. The summed E-state index contributed by atoms with van der Waals surface area (Å²) in [5, 5.41) is 9.17. The number of hydrogen-bond acceptors (Lipinski definition) is 5. The van der Waals surface area contributed by atoms with Crippen molar-refractivity contribution < 1.29 is 14.3 Å². The van der Waals surface area contributed by atoms with E-state index >= 15 is 0 Å². The number of unbranched alkanes of at least 4 members (excludes halogenated alkanes) is 1. The quantitative estimate of drug-likeness (QED) is 0.407. The molecule has 1 aliphatic rings. The van der Waals surface area contributed by atoms with Gasteiger partial charge in [-0.2, -0.15) is 0 Å². The van der Waals surface area contributed by atoms with Crippen molar-refractivity contribution in [2.24, 2.45) is 0 Å². The maximum absolute atomic E-state index is 13.6. The molecule has 0 spiro atoms. The van der Waals surface area contributed by atoms with E-state index in [1.54, 1.807) is 18.5 Å². The van der Waals surface area contributed by atoms with Gasteiger partial charge in [-0.05, 0) is 42.2 Å². The summed E-state index contributed by atoms with van der Waals surface area (Å²) in [5.74, 6) is -0.366. The van der Waals surface area contributed by atoms with Crippen molar-refractivity contribution in [3.63, 3.8) is 0 Å². The molecular formula is C28H34ClFN4O2. The molecule has 1 N–H and O–H groups in total. The van der Waals surface area contributed by atoms with Gasteiger partial charge in [0, 0.05) is 50.2 Å². The third-order valence-corrected chi connectivity index (χ3v) is 6.47. The molecule has 6 nitrogen and oxygen atoms in total. The lowest BCUT2D eigenvalue weighted by Crippen LogP contribution is -2.53. The lowest BCUT2D eigenvalue weighted by atomic mass is 10.0. The summed E-state index contributed by atoms with van der Waals surface area (Å²) >= 11 is 0. The van der Waals surface area contributed by atoms with Crippen LogP contribution >= 0.6 is 12.4 Å². The first kappa shape index (κ1) is 27.6. The SMILES string of the molecule is CCCC[C@@H]1CN(Cc2cc(C)cc(CC(=O)O)c2)CCN1c1ncc(-c2cccc(F)c2)cn1.Cl. The number of aliphatic carboxylic acids is 1. The standard InChI is InChI=1S/C28H33FN4O2.ClH/c1-3-4-8-26-19-32(18-22-12-20(2)11-21(13-22)14-27(34)35)9-10-33(26)28-30-16-24(17-31-28)23-6-5-7-25(29)15-23;/h5-7,11-13,15-17,26H,3-4,8-10,14,18-19H2,1-2H3,(H,34,35);1H/t26-;/m1./s1. The van der Waals surface area contributed by atoms with E-state index in [1.807, 2.05) is 25.1 Å². The van der Waals surface area contributed by atoms with Gasteiger partial charge in [-0.1, -0.05) is 55.7 Å². The fourth-order valence-electron chi connectivity index (χ4n) is 4.87. The Morgan fingerprint density at radius 2 is 1.83 bits per heavy atom. The zero-order valence-corrected chi connectivity index (χ0v) is 21.7. The number of aromatic nitrogens is 2. The number of carbonyl (C=O) groups is 1. The molecule has 0 amide bonds. The van der Waals surface area contributed by atoms with E-state index in [4.69, 9.17) is 0 Å². The number of hydrogen-bond donors (Lipinski definition) is 1. The zero-order valence-electron chi connectivity index (χ0n) is 20.9. The number of anilines is 1. The minimum atomic E-state index is -0.807. The smallest absolute Gasteiger partial charge is 0.307 e. The summed E-state index contributed by atoms with van der Waals surface area (Å²) in [6, 6.07) is 12.9. The van der Waals surface area contributed by atoms with Crippen molar-refractivity contribution in [2.75, 3.05) is 24.5 Å². The van der Waals surface area contributed by atoms with Gasteiger partial charge < -0.3 is 10.0 Å². The Bertz CT molecular complexity index is 1160. The van der Waals surface area contributed by atoms with Gasteiger partial charge in [-0.15, -0.1) is 12.4 Å². The van der Waals surface area contributed by atoms with E-state index in [-0.39, 0.29) is 24.6 Å². The highest BCUT2D eigenvalue weighted by Gasteiger charge is 2.28. The Morgan fingerprint density at radius 1 is 1.08 bits per heavy atom. The number of nitrogens with zero attached hydrogens (tertiary/aromatic N) is 4. The van der Waals surface area contributed by atoms with Crippen LogP contribution in [0.15, 0.2) is 54.9 Å². The van der Waals surface area contributed by atoms with Crippen LogP contribution in [0.3, 0.4) is 0 Å². The minimum Gasteiger partial charge on any atom is -0.481 e. The molecule has 2 aromatic carbocycles. The van der Waals surface area contributed by atoms with Gasteiger partial charge in [0.25, 0.3) is 0 Å². The lowest BCUT2D eigenvalue weighted by molar-refractivity contribution is -0.136. The van der Waals surface area contributed by atoms with Crippen molar-refractivity contribution in [3.05, 3.63) is 77.4 Å². The Labute approximate surface area is 218 Å². The molecule has 2 heterocycles. The summed E-state index contributed by atoms with van der Waals surface area (Å²) in [6.07, 6.45) is 6.91. The molecule has 1 saturated heterocycles. The maximum atomic E-state index is 13.6. The predicted octanol–water partition coefficient (Wildman–Crippen LogP) is 5.52. The fraction of sp³-hybridized carbons (Fsp3) is 0.393. The molecule has 4 rings (SSSR count). The molecule has 0 aliphatic carbocycles. The van der Waals surface area contributed by atoms with Gasteiger partial charge in [0.1, 0.15) is 5.82 Å². The number of carboxylic acids is 1. The lowest BCUT2D eigenvalue weighted by Gasteiger charge is -2.41. The third kappa shape index (κ3) is 7.24. The minimum absolute atomic E-state index is 0. The van der Waals surface area contributed by atoms with E-state index in [2.05, 4.69) is 32.8 Å². The third-order valence-electron chi connectivity index (χ3n) is 6.47. The van der Waals surface area contributed by atoms with E-state index in [9.17, 15) is 14.3 Å². The highest BCUT2D eigenvalue weighted by molar-refractivity contribution is 5.85. The van der Waals surface area contributed by atoms with Crippen LogP contribution in [0.2, 0.25) is 0 Å². The molecule has 0 unspecified atom stereocenters. The maximum Gasteiger partial charge on any atom is 0.307 e. The zero-order chi connectivity index (χ0) is 24.8. The second kappa shape index (κ2) is 12.8. The summed E-state index contributed by atoms with van der Waals surface area (Å²) in [6.45, 7) is 7.61. The van der Waals surface area contributed by atoms with Crippen molar-refractivity contribution in [2.45, 2.75) is 52.1 Å². The molecule has 8 heteroatoms. The molecule has 3 aromatic rings. The van der Waals surface area contributed by atoms with E-state index in [1.165, 1.54) is 12.1 Å². The first-order valence-corrected chi connectivity index (χ1v) is 12.3.